The van der Waals surface area contributed by atoms with Crippen LogP contribution in [0.2, 0.25) is 5.02 Å². The number of halogens is 2. The molecule has 1 heterocycles. The predicted molar refractivity (Wildman–Crippen MR) is 116 cm³/mol. The standard InChI is InChI=1S/C21H22ClFN2O.C2H6/c1-3-5-7-15(6-4-2)21(8-9-21)25-19(26)13-17-11-14-10-16(22)12-18(23)20(14)24-17;1-2/h3-7,10-12,24H,8-9,13H2,1-2H3,(H,25,26);1-2H3/b5-3-,6-4-,15-7+;. The van der Waals surface area contributed by atoms with E-state index in [2.05, 4.69) is 10.3 Å². The van der Waals surface area contributed by atoms with Crippen molar-refractivity contribution >= 4 is 28.4 Å². The molecule has 1 aliphatic rings. The number of allylic oxidation sites excluding steroid dienone is 4. The summed E-state index contributed by atoms with van der Waals surface area (Å²) >= 11 is 5.89. The maximum absolute atomic E-state index is 14.0. The van der Waals surface area contributed by atoms with E-state index in [1.807, 2.05) is 58.1 Å². The fraction of sp³-hybridized carbons (Fsp3) is 0.348. The van der Waals surface area contributed by atoms with Crippen molar-refractivity contribution in [2.45, 2.75) is 52.5 Å². The van der Waals surface area contributed by atoms with E-state index in [-0.39, 0.29) is 17.9 Å². The first kappa shape index (κ1) is 22.0. The number of hydrogen-bond donors (Lipinski definition) is 2. The molecule has 5 heteroatoms. The van der Waals surface area contributed by atoms with Crippen LogP contribution in [0.4, 0.5) is 4.39 Å². The lowest BCUT2D eigenvalue weighted by atomic mass is 10.0. The zero-order chi connectivity index (χ0) is 20.7. The molecule has 3 rings (SSSR count). The molecular weight excluding hydrogens is 375 g/mol. The van der Waals surface area contributed by atoms with Gasteiger partial charge >= 0.3 is 0 Å². The SMILES string of the molecule is CC.C\C=C/C=C(\C=C/C)C1(NC(=O)Cc2cc3cc(Cl)cc(F)c3[nH]2)CC1. The minimum absolute atomic E-state index is 0.0866. The summed E-state index contributed by atoms with van der Waals surface area (Å²) in [6.45, 7) is 7.93. The third-order valence-corrected chi connectivity index (χ3v) is 4.77. The Kier molecular flexibility index (Phi) is 7.64. The number of hydrogen-bond acceptors (Lipinski definition) is 1. The molecule has 3 nitrogen and oxygen atoms in total. The van der Waals surface area contributed by atoms with Gasteiger partial charge in [0.25, 0.3) is 0 Å². The number of H-pyrrole nitrogens is 1. The van der Waals surface area contributed by atoms with E-state index in [4.69, 9.17) is 11.6 Å². The molecule has 1 saturated carbocycles. The van der Waals surface area contributed by atoms with Crippen LogP contribution in [0.1, 0.15) is 46.2 Å². The Morgan fingerprint density at radius 3 is 2.57 bits per heavy atom. The average molecular weight is 403 g/mol. The van der Waals surface area contributed by atoms with Gasteiger partial charge in [-0.15, -0.1) is 0 Å². The minimum atomic E-state index is -0.414. The summed E-state index contributed by atoms with van der Waals surface area (Å²) < 4.78 is 14.0. The smallest absolute Gasteiger partial charge is 0.226 e. The lowest BCUT2D eigenvalue weighted by molar-refractivity contribution is -0.121. The van der Waals surface area contributed by atoms with Crippen LogP contribution in [0, 0.1) is 5.82 Å². The summed E-state index contributed by atoms with van der Waals surface area (Å²) in [6.07, 6.45) is 12.0. The molecule has 0 radical (unpaired) electrons. The monoisotopic (exact) mass is 402 g/mol. The number of carbonyl (C=O) groups excluding carboxylic acids is 1. The van der Waals surface area contributed by atoms with Gasteiger partial charge in [0.05, 0.1) is 17.5 Å². The first-order valence-corrected chi connectivity index (χ1v) is 10.1. The summed E-state index contributed by atoms with van der Waals surface area (Å²) in [4.78, 5) is 15.5. The van der Waals surface area contributed by atoms with E-state index >= 15 is 0 Å². The highest BCUT2D eigenvalue weighted by Crippen LogP contribution is 2.43. The van der Waals surface area contributed by atoms with Crippen molar-refractivity contribution in [2.24, 2.45) is 0 Å². The highest BCUT2D eigenvalue weighted by Gasteiger charge is 2.46. The van der Waals surface area contributed by atoms with Gasteiger partial charge in [0.2, 0.25) is 5.91 Å². The molecule has 0 spiro atoms. The third kappa shape index (κ3) is 5.14. The Labute approximate surface area is 171 Å². The van der Waals surface area contributed by atoms with Crippen molar-refractivity contribution in [1.82, 2.24) is 10.3 Å². The molecule has 0 aliphatic heterocycles. The van der Waals surface area contributed by atoms with E-state index in [0.717, 1.165) is 18.4 Å². The Hall–Kier alpha value is -2.33. The van der Waals surface area contributed by atoms with Gasteiger partial charge in [0.15, 0.2) is 0 Å². The summed E-state index contributed by atoms with van der Waals surface area (Å²) in [5.41, 5.74) is 1.85. The number of aromatic nitrogens is 1. The van der Waals surface area contributed by atoms with E-state index < -0.39 is 5.82 Å². The molecule has 2 aromatic rings. The van der Waals surface area contributed by atoms with Gasteiger partial charge in [-0.05, 0) is 50.5 Å². The molecule has 0 bridgehead atoms. The van der Waals surface area contributed by atoms with Crippen molar-refractivity contribution in [3.05, 3.63) is 70.7 Å². The number of fused-ring (bicyclic) bond motifs is 1. The first-order valence-electron chi connectivity index (χ1n) is 9.71. The van der Waals surface area contributed by atoms with Crippen molar-refractivity contribution in [2.75, 3.05) is 0 Å². The Morgan fingerprint density at radius 2 is 1.96 bits per heavy atom. The fourth-order valence-corrected chi connectivity index (χ4v) is 3.38. The zero-order valence-electron chi connectivity index (χ0n) is 16.9. The first-order chi connectivity index (χ1) is 13.5. The van der Waals surface area contributed by atoms with Crippen LogP contribution < -0.4 is 5.32 Å². The molecule has 0 unspecified atom stereocenters. The summed E-state index contributed by atoms with van der Waals surface area (Å²) in [6, 6.07) is 4.72. The van der Waals surface area contributed by atoms with Crippen LogP contribution >= 0.6 is 11.6 Å². The van der Waals surface area contributed by atoms with E-state index in [9.17, 15) is 9.18 Å². The summed E-state index contributed by atoms with van der Waals surface area (Å²) in [7, 11) is 0. The molecule has 0 atom stereocenters. The highest BCUT2D eigenvalue weighted by atomic mass is 35.5. The number of nitrogens with one attached hydrogen (secondary N) is 2. The van der Waals surface area contributed by atoms with E-state index in [1.165, 1.54) is 6.07 Å². The van der Waals surface area contributed by atoms with Crippen LogP contribution in [-0.4, -0.2) is 16.4 Å². The Bertz CT molecular complexity index is 920. The van der Waals surface area contributed by atoms with Crippen molar-refractivity contribution in [3.8, 4) is 0 Å². The second kappa shape index (κ2) is 9.74. The number of benzene rings is 1. The zero-order valence-corrected chi connectivity index (χ0v) is 17.7. The van der Waals surface area contributed by atoms with Crippen LogP contribution in [0.15, 0.2) is 54.2 Å². The Balaban J connectivity index is 0.00000136. The van der Waals surface area contributed by atoms with E-state index in [0.29, 0.717) is 21.6 Å². The number of aromatic amines is 1. The molecule has 1 aromatic heterocycles. The molecule has 0 saturated heterocycles. The molecule has 150 valence electrons. The largest absolute Gasteiger partial charge is 0.356 e. The van der Waals surface area contributed by atoms with Crippen LogP contribution in [-0.2, 0) is 11.2 Å². The van der Waals surface area contributed by atoms with Gasteiger partial charge in [-0.2, -0.15) is 0 Å². The van der Waals surface area contributed by atoms with Gasteiger partial charge in [-0.1, -0.05) is 55.8 Å². The lowest BCUT2D eigenvalue weighted by Gasteiger charge is -2.19. The fourth-order valence-electron chi connectivity index (χ4n) is 3.17. The lowest BCUT2D eigenvalue weighted by Crippen LogP contribution is -2.39. The predicted octanol–water partition coefficient (Wildman–Crippen LogP) is 6.26. The second-order valence-electron chi connectivity index (χ2n) is 6.60. The third-order valence-electron chi connectivity index (χ3n) is 4.55. The van der Waals surface area contributed by atoms with Crippen LogP contribution in [0.25, 0.3) is 10.9 Å². The van der Waals surface area contributed by atoms with Crippen molar-refractivity contribution < 1.29 is 9.18 Å². The summed E-state index contributed by atoms with van der Waals surface area (Å²) in [5, 5.41) is 4.16. The van der Waals surface area contributed by atoms with Crippen molar-refractivity contribution in [3.63, 3.8) is 0 Å². The van der Waals surface area contributed by atoms with Crippen LogP contribution in [0.3, 0.4) is 0 Å². The number of rotatable bonds is 6. The molecule has 2 N–H and O–H groups in total. The quantitative estimate of drug-likeness (QED) is 0.550. The van der Waals surface area contributed by atoms with Crippen LogP contribution in [0.5, 0.6) is 0 Å². The van der Waals surface area contributed by atoms with Gasteiger partial charge in [-0.25, -0.2) is 4.39 Å². The number of carbonyl (C=O) groups is 1. The molecular formula is C23H28ClFN2O. The van der Waals surface area contributed by atoms with Gasteiger partial charge in [0, 0.05) is 16.1 Å². The molecule has 1 aromatic carbocycles. The summed E-state index contributed by atoms with van der Waals surface area (Å²) in [5.74, 6) is -0.501. The topological polar surface area (TPSA) is 44.9 Å². The molecule has 28 heavy (non-hydrogen) atoms. The van der Waals surface area contributed by atoms with Gasteiger partial charge < -0.3 is 10.3 Å². The maximum Gasteiger partial charge on any atom is 0.226 e. The average Bonchev–Trinajstić information content (AvgIpc) is 3.32. The molecule has 1 aliphatic carbocycles. The number of amides is 1. The second-order valence-corrected chi connectivity index (χ2v) is 7.04. The van der Waals surface area contributed by atoms with Gasteiger partial charge in [-0.3, -0.25) is 4.79 Å². The minimum Gasteiger partial charge on any atom is -0.356 e. The highest BCUT2D eigenvalue weighted by molar-refractivity contribution is 6.31. The molecule has 1 amide bonds. The Morgan fingerprint density at radius 1 is 1.25 bits per heavy atom. The molecule has 1 fully saturated rings. The van der Waals surface area contributed by atoms with Gasteiger partial charge in [0.1, 0.15) is 5.82 Å². The van der Waals surface area contributed by atoms with Crippen molar-refractivity contribution in [1.29, 1.82) is 0 Å². The van der Waals surface area contributed by atoms with E-state index in [1.54, 1.807) is 12.1 Å². The maximum atomic E-state index is 14.0. The normalized spacial score (nSPS) is 15.7.